The minimum Gasteiger partial charge on any atom is -0.193 e. The fraction of sp³-hybridized carbons (Fsp3) is 0.750. The summed E-state index contributed by atoms with van der Waals surface area (Å²) in [6.07, 6.45) is 11.3. The lowest BCUT2D eigenvalue weighted by Gasteiger charge is -2.37. The van der Waals surface area contributed by atoms with E-state index in [4.69, 9.17) is 5.26 Å². The third kappa shape index (κ3) is 1.77. The number of allylic oxidation sites excluding steroid dienone is 2. The molecule has 13 heavy (non-hydrogen) atoms. The van der Waals surface area contributed by atoms with Crippen LogP contribution in [0.5, 0.6) is 0 Å². The van der Waals surface area contributed by atoms with Gasteiger partial charge in [-0.15, -0.1) is 0 Å². The maximum absolute atomic E-state index is 8.68. The Labute approximate surface area is 80.4 Å². The van der Waals surface area contributed by atoms with E-state index in [1.54, 1.807) is 0 Å². The summed E-state index contributed by atoms with van der Waals surface area (Å²) in [6.45, 7) is 0. The quantitative estimate of drug-likeness (QED) is 0.517. The summed E-state index contributed by atoms with van der Waals surface area (Å²) in [5, 5.41) is 8.68. The lowest BCUT2D eigenvalue weighted by molar-refractivity contribution is 0.223. The van der Waals surface area contributed by atoms with Gasteiger partial charge in [0.15, 0.2) is 0 Å². The van der Waals surface area contributed by atoms with E-state index in [1.165, 1.54) is 50.5 Å². The highest BCUT2D eigenvalue weighted by molar-refractivity contribution is 5.19. The van der Waals surface area contributed by atoms with Crippen molar-refractivity contribution in [1.29, 1.82) is 5.26 Å². The van der Waals surface area contributed by atoms with E-state index in [9.17, 15) is 0 Å². The zero-order chi connectivity index (χ0) is 9.10. The van der Waals surface area contributed by atoms with Crippen LogP contribution in [0.25, 0.3) is 0 Å². The van der Waals surface area contributed by atoms with Gasteiger partial charge in [-0.3, -0.25) is 0 Å². The molecule has 0 aromatic rings. The molecular weight excluding hydrogens is 158 g/mol. The molecule has 0 heterocycles. The normalized spacial score (nSPS) is 36.7. The highest BCUT2D eigenvalue weighted by Gasteiger charge is 2.30. The Balaban J connectivity index is 2.12. The van der Waals surface area contributed by atoms with Crippen LogP contribution in [0.15, 0.2) is 11.6 Å². The van der Waals surface area contributed by atoms with Crippen LogP contribution in [-0.4, -0.2) is 0 Å². The predicted octanol–water partition coefficient (Wildman–Crippen LogP) is 3.43. The Hall–Kier alpha value is -0.770. The first-order valence-electron chi connectivity index (χ1n) is 5.50. The molecule has 1 heteroatoms. The van der Waals surface area contributed by atoms with Crippen LogP contribution in [0.1, 0.15) is 44.9 Å². The fourth-order valence-electron chi connectivity index (χ4n) is 3.06. The van der Waals surface area contributed by atoms with E-state index in [-0.39, 0.29) is 0 Å². The van der Waals surface area contributed by atoms with Crippen molar-refractivity contribution in [2.45, 2.75) is 44.9 Å². The van der Waals surface area contributed by atoms with Gasteiger partial charge in [-0.25, -0.2) is 0 Å². The van der Waals surface area contributed by atoms with Crippen molar-refractivity contribution in [2.75, 3.05) is 0 Å². The van der Waals surface area contributed by atoms with Gasteiger partial charge in [0.05, 0.1) is 6.07 Å². The molecule has 2 unspecified atom stereocenters. The van der Waals surface area contributed by atoms with Crippen molar-refractivity contribution in [3.63, 3.8) is 0 Å². The van der Waals surface area contributed by atoms with Crippen LogP contribution in [0.2, 0.25) is 0 Å². The van der Waals surface area contributed by atoms with Gasteiger partial charge in [-0.05, 0) is 43.9 Å². The van der Waals surface area contributed by atoms with Gasteiger partial charge in [-0.2, -0.15) is 5.26 Å². The molecule has 1 nitrogen and oxygen atoms in total. The molecule has 0 N–H and O–H groups in total. The van der Waals surface area contributed by atoms with E-state index in [1.807, 2.05) is 6.08 Å². The average Bonchev–Trinajstić information content (AvgIpc) is 2.19. The Kier molecular flexibility index (Phi) is 2.68. The average molecular weight is 175 g/mol. The number of nitrogens with zero attached hydrogens (tertiary/aromatic N) is 1. The van der Waals surface area contributed by atoms with Crippen molar-refractivity contribution in [1.82, 2.24) is 0 Å². The smallest absolute Gasteiger partial charge is 0.0911 e. The Bertz CT molecular complexity index is 244. The molecule has 0 aromatic carbocycles. The molecule has 0 spiro atoms. The molecule has 70 valence electrons. The molecule has 2 fully saturated rings. The molecule has 0 amide bonds. The van der Waals surface area contributed by atoms with Crippen LogP contribution >= 0.6 is 0 Å². The van der Waals surface area contributed by atoms with E-state index in [0.717, 1.165) is 11.8 Å². The summed E-state index contributed by atoms with van der Waals surface area (Å²) in [7, 11) is 0. The van der Waals surface area contributed by atoms with Gasteiger partial charge in [0.25, 0.3) is 0 Å². The lowest BCUT2D eigenvalue weighted by Crippen LogP contribution is -2.25. The SMILES string of the molecule is N#CC=C1CCCC2CCCCC12. The summed E-state index contributed by atoms with van der Waals surface area (Å²) >= 11 is 0. The number of rotatable bonds is 0. The molecule has 0 aliphatic heterocycles. The van der Waals surface area contributed by atoms with E-state index < -0.39 is 0 Å². The van der Waals surface area contributed by atoms with E-state index in [0.29, 0.717) is 0 Å². The second kappa shape index (κ2) is 3.96. The third-order valence-corrected chi connectivity index (χ3v) is 3.68. The standard InChI is InChI=1S/C12H17N/c13-9-8-11-6-3-5-10-4-1-2-7-12(10)11/h8,10,12H,1-7H2. The summed E-state index contributed by atoms with van der Waals surface area (Å²) in [6, 6.07) is 2.21. The molecule has 2 atom stereocenters. The molecule has 2 aliphatic carbocycles. The van der Waals surface area contributed by atoms with Gasteiger partial charge < -0.3 is 0 Å². The van der Waals surface area contributed by atoms with Crippen molar-refractivity contribution in [3.8, 4) is 6.07 Å². The summed E-state index contributed by atoms with van der Waals surface area (Å²) < 4.78 is 0. The van der Waals surface area contributed by atoms with Gasteiger partial charge in [-0.1, -0.05) is 18.4 Å². The zero-order valence-electron chi connectivity index (χ0n) is 8.13. The first-order valence-corrected chi connectivity index (χ1v) is 5.50. The monoisotopic (exact) mass is 175 g/mol. The number of hydrogen-bond acceptors (Lipinski definition) is 1. The largest absolute Gasteiger partial charge is 0.193 e. The van der Waals surface area contributed by atoms with Crippen LogP contribution in [0.3, 0.4) is 0 Å². The van der Waals surface area contributed by atoms with Crippen LogP contribution < -0.4 is 0 Å². The minimum atomic E-state index is 0.780. The minimum absolute atomic E-state index is 0.780. The number of hydrogen-bond donors (Lipinski definition) is 0. The van der Waals surface area contributed by atoms with Crippen molar-refractivity contribution in [3.05, 3.63) is 11.6 Å². The van der Waals surface area contributed by atoms with Gasteiger partial charge in [0.2, 0.25) is 0 Å². The molecule has 0 saturated heterocycles. The maximum atomic E-state index is 8.68. The Morgan fingerprint density at radius 3 is 2.77 bits per heavy atom. The van der Waals surface area contributed by atoms with Gasteiger partial charge in [0, 0.05) is 6.08 Å². The first-order chi connectivity index (χ1) is 6.42. The van der Waals surface area contributed by atoms with Gasteiger partial charge in [0.1, 0.15) is 0 Å². The Morgan fingerprint density at radius 2 is 1.92 bits per heavy atom. The highest BCUT2D eigenvalue weighted by atomic mass is 14.4. The molecule has 0 bridgehead atoms. The van der Waals surface area contributed by atoms with E-state index in [2.05, 4.69) is 6.07 Å². The van der Waals surface area contributed by atoms with Crippen molar-refractivity contribution >= 4 is 0 Å². The van der Waals surface area contributed by atoms with Crippen LogP contribution in [0, 0.1) is 23.2 Å². The van der Waals surface area contributed by atoms with E-state index >= 15 is 0 Å². The maximum Gasteiger partial charge on any atom is 0.0911 e. The number of fused-ring (bicyclic) bond motifs is 1. The summed E-state index contributed by atoms with van der Waals surface area (Å²) in [4.78, 5) is 0. The number of nitriles is 1. The topological polar surface area (TPSA) is 23.8 Å². The molecular formula is C12H17N. The molecule has 2 saturated carbocycles. The summed E-state index contributed by atoms with van der Waals surface area (Å²) in [5.41, 5.74) is 1.46. The fourth-order valence-corrected chi connectivity index (χ4v) is 3.06. The molecule has 0 aromatic heterocycles. The Morgan fingerprint density at radius 1 is 1.15 bits per heavy atom. The van der Waals surface area contributed by atoms with Crippen molar-refractivity contribution in [2.24, 2.45) is 11.8 Å². The molecule has 2 aliphatic rings. The zero-order valence-corrected chi connectivity index (χ0v) is 8.13. The first kappa shape index (κ1) is 8.81. The lowest BCUT2D eigenvalue weighted by atomic mass is 9.68. The second-order valence-electron chi connectivity index (χ2n) is 4.39. The predicted molar refractivity (Wildman–Crippen MR) is 53.0 cm³/mol. The van der Waals surface area contributed by atoms with Crippen LogP contribution in [0.4, 0.5) is 0 Å². The molecule has 0 radical (unpaired) electrons. The van der Waals surface area contributed by atoms with Crippen molar-refractivity contribution < 1.29 is 0 Å². The van der Waals surface area contributed by atoms with Gasteiger partial charge >= 0.3 is 0 Å². The summed E-state index contributed by atoms with van der Waals surface area (Å²) in [5.74, 6) is 1.70. The highest BCUT2D eigenvalue weighted by Crippen LogP contribution is 2.43. The molecule has 2 rings (SSSR count). The van der Waals surface area contributed by atoms with Crippen LogP contribution in [-0.2, 0) is 0 Å². The second-order valence-corrected chi connectivity index (χ2v) is 4.39. The third-order valence-electron chi connectivity index (χ3n) is 3.68.